The molecule has 0 saturated heterocycles. The highest BCUT2D eigenvalue weighted by atomic mass is 35.5. The van der Waals surface area contributed by atoms with Gasteiger partial charge in [-0.1, -0.05) is 54.1 Å². The van der Waals surface area contributed by atoms with Crippen molar-refractivity contribution in [1.29, 1.82) is 0 Å². The quantitative estimate of drug-likeness (QED) is 0.231. The lowest BCUT2D eigenvalue weighted by molar-refractivity contribution is -0.162. The summed E-state index contributed by atoms with van der Waals surface area (Å²) in [6, 6.07) is 15.4. The number of hydrogen-bond donors (Lipinski definition) is 2. The van der Waals surface area contributed by atoms with Gasteiger partial charge in [-0.05, 0) is 56.9 Å². The Hall–Kier alpha value is -4.18. The molecule has 2 N–H and O–H groups in total. The summed E-state index contributed by atoms with van der Waals surface area (Å²) in [5.74, 6) is -2.24. The summed E-state index contributed by atoms with van der Waals surface area (Å²) in [6.07, 6.45) is 0.649. The lowest BCUT2D eigenvalue weighted by Gasteiger charge is -2.19. The number of amides is 2. The zero-order valence-corrected chi connectivity index (χ0v) is 23.3. The number of nitrogens with zero attached hydrogens (tertiary/aromatic N) is 1. The smallest absolute Gasteiger partial charge is 0.408 e. The van der Waals surface area contributed by atoms with E-state index in [1.165, 1.54) is 0 Å². The van der Waals surface area contributed by atoms with Gasteiger partial charge in [0.2, 0.25) is 11.7 Å². The van der Waals surface area contributed by atoms with E-state index in [2.05, 4.69) is 15.6 Å². The monoisotopic (exact) mass is 569 g/mol. The van der Waals surface area contributed by atoms with Gasteiger partial charge in [-0.2, -0.15) is 0 Å². The van der Waals surface area contributed by atoms with Crippen molar-refractivity contribution in [2.75, 3.05) is 6.54 Å². The highest BCUT2D eigenvalue weighted by Gasteiger charge is 2.27. The minimum atomic E-state index is -0.980. The molecule has 0 unspecified atom stereocenters. The number of hydrogen-bond acceptors (Lipinski definition) is 8. The fourth-order valence-electron chi connectivity index (χ4n) is 3.49. The van der Waals surface area contributed by atoms with Crippen molar-refractivity contribution in [3.05, 3.63) is 88.6 Å². The fourth-order valence-corrected chi connectivity index (χ4v) is 3.62. The summed E-state index contributed by atoms with van der Waals surface area (Å²) in [4.78, 5) is 53.9. The molecule has 0 fully saturated rings. The number of nitrogens with one attached hydrogen (secondary N) is 2. The van der Waals surface area contributed by atoms with Gasteiger partial charge in [0.05, 0.1) is 0 Å². The lowest BCUT2D eigenvalue weighted by atomic mass is 10.1. The predicted octanol–water partition coefficient (Wildman–Crippen LogP) is 4.96. The molecule has 0 aliphatic rings. The van der Waals surface area contributed by atoms with Crippen LogP contribution in [0.1, 0.15) is 67.2 Å². The number of carbonyl (C=O) groups is 4. The molecule has 0 bridgehead atoms. The van der Waals surface area contributed by atoms with Crippen LogP contribution in [-0.4, -0.2) is 40.9 Å². The Morgan fingerprint density at radius 2 is 1.70 bits per heavy atom. The molecule has 11 heteroatoms. The standard InChI is InChI=1S/C29H32ClN3O7/c1-29(2,3)40-27(36)24(34)14-13-22(33-28(37)39-17-20-7-5-4-6-8-20)26-32-23(18-38-26)25(35)31-16-15-19-9-11-21(30)12-10-19/h4-12,18,22H,13-17H2,1-3H3,(H,31,35)(H,33,37)/t22-/m0/s1. The zero-order chi connectivity index (χ0) is 29.1. The summed E-state index contributed by atoms with van der Waals surface area (Å²) in [5, 5.41) is 5.99. The Morgan fingerprint density at radius 1 is 1.00 bits per heavy atom. The van der Waals surface area contributed by atoms with Crippen LogP contribution in [0.3, 0.4) is 0 Å². The number of carbonyl (C=O) groups excluding carboxylic acids is 4. The Labute approximate surface area is 237 Å². The summed E-state index contributed by atoms with van der Waals surface area (Å²) in [6.45, 7) is 5.32. The summed E-state index contributed by atoms with van der Waals surface area (Å²) < 4.78 is 15.9. The molecule has 10 nitrogen and oxygen atoms in total. The first-order valence-electron chi connectivity index (χ1n) is 12.7. The maximum absolute atomic E-state index is 12.6. The molecular formula is C29H32ClN3O7. The third-order valence-electron chi connectivity index (χ3n) is 5.46. The topological polar surface area (TPSA) is 137 Å². The highest BCUT2D eigenvalue weighted by Crippen LogP contribution is 2.20. The molecular weight excluding hydrogens is 538 g/mol. The average Bonchev–Trinajstić information content (AvgIpc) is 3.41. The number of ether oxygens (including phenoxy) is 2. The maximum atomic E-state index is 12.6. The SMILES string of the molecule is CC(C)(C)OC(=O)C(=O)CC[C@H](NC(=O)OCc1ccccc1)c1nc(C(=O)NCCc2ccc(Cl)cc2)co1. The molecule has 0 radical (unpaired) electrons. The number of benzene rings is 2. The second-order valence-corrected chi connectivity index (χ2v) is 10.4. The van der Waals surface area contributed by atoms with Gasteiger partial charge in [0.15, 0.2) is 5.69 Å². The van der Waals surface area contributed by atoms with Gasteiger partial charge in [0, 0.05) is 18.0 Å². The molecule has 0 aliphatic carbocycles. The number of oxazole rings is 1. The van der Waals surface area contributed by atoms with Crippen molar-refractivity contribution in [2.45, 2.75) is 58.3 Å². The molecule has 1 atom stereocenters. The Balaban J connectivity index is 1.63. The van der Waals surface area contributed by atoms with Crippen LogP contribution in [0.4, 0.5) is 4.79 Å². The molecule has 40 heavy (non-hydrogen) atoms. The van der Waals surface area contributed by atoms with Crippen LogP contribution in [0.5, 0.6) is 0 Å². The van der Waals surface area contributed by atoms with Crippen molar-refractivity contribution in [3.8, 4) is 0 Å². The van der Waals surface area contributed by atoms with E-state index in [-0.39, 0.29) is 31.0 Å². The van der Waals surface area contributed by atoms with Gasteiger partial charge < -0.3 is 24.5 Å². The van der Waals surface area contributed by atoms with E-state index in [0.29, 0.717) is 18.0 Å². The molecule has 2 amide bonds. The third-order valence-corrected chi connectivity index (χ3v) is 5.71. The van der Waals surface area contributed by atoms with Crippen LogP contribution in [0.25, 0.3) is 0 Å². The van der Waals surface area contributed by atoms with Crippen LogP contribution in [-0.2, 0) is 32.1 Å². The van der Waals surface area contributed by atoms with Gasteiger partial charge in [-0.3, -0.25) is 9.59 Å². The van der Waals surface area contributed by atoms with Crippen LogP contribution < -0.4 is 10.6 Å². The summed E-state index contributed by atoms with van der Waals surface area (Å²) in [7, 11) is 0. The number of halogens is 1. The van der Waals surface area contributed by atoms with E-state index in [1.807, 2.05) is 30.3 Å². The van der Waals surface area contributed by atoms with Gasteiger partial charge >= 0.3 is 12.1 Å². The van der Waals surface area contributed by atoms with E-state index in [1.54, 1.807) is 45.0 Å². The van der Waals surface area contributed by atoms with Gasteiger partial charge in [-0.25, -0.2) is 14.6 Å². The maximum Gasteiger partial charge on any atom is 0.408 e. The van der Waals surface area contributed by atoms with Crippen LogP contribution in [0.2, 0.25) is 5.02 Å². The molecule has 0 saturated carbocycles. The molecule has 0 aliphatic heterocycles. The number of Topliss-reactive ketones (excluding diaryl/α,β-unsaturated/α-hetero) is 1. The van der Waals surface area contributed by atoms with Gasteiger partial charge in [-0.15, -0.1) is 0 Å². The van der Waals surface area contributed by atoms with Crippen LogP contribution in [0.15, 0.2) is 65.3 Å². The van der Waals surface area contributed by atoms with Crippen LogP contribution >= 0.6 is 11.6 Å². The average molecular weight is 570 g/mol. The predicted molar refractivity (Wildman–Crippen MR) is 147 cm³/mol. The molecule has 0 spiro atoms. The summed E-state index contributed by atoms with van der Waals surface area (Å²) in [5.41, 5.74) is 0.944. The number of ketones is 1. The second-order valence-electron chi connectivity index (χ2n) is 9.93. The first kappa shape index (κ1) is 30.4. The normalized spacial score (nSPS) is 11.8. The Morgan fingerprint density at radius 3 is 2.38 bits per heavy atom. The van der Waals surface area contributed by atoms with Gasteiger partial charge in [0.25, 0.3) is 5.91 Å². The molecule has 212 valence electrons. The minimum absolute atomic E-state index is 0.00553. The second kappa shape index (κ2) is 14.3. The van der Waals surface area contributed by atoms with Crippen molar-refractivity contribution in [1.82, 2.24) is 15.6 Å². The van der Waals surface area contributed by atoms with E-state index >= 15 is 0 Å². The van der Waals surface area contributed by atoms with Crippen molar-refractivity contribution in [2.24, 2.45) is 0 Å². The fraction of sp³-hybridized carbons (Fsp3) is 0.345. The molecule has 1 aromatic heterocycles. The molecule has 3 rings (SSSR count). The van der Waals surface area contributed by atoms with E-state index in [4.69, 9.17) is 25.5 Å². The molecule has 1 heterocycles. The van der Waals surface area contributed by atoms with Crippen molar-refractivity contribution < 1.29 is 33.1 Å². The minimum Gasteiger partial charge on any atom is -0.454 e. The Kier molecular flexibility index (Phi) is 10.8. The van der Waals surface area contributed by atoms with E-state index in [9.17, 15) is 19.2 Å². The molecule has 3 aromatic rings. The van der Waals surface area contributed by atoms with E-state index < -0.39 is 35.4 Å². The first-order chi connectivity index (χ1) is 19.0. The van der Waals surface area contributed by atoms with Crippen molar-refractivity contribution >= 4 is 35.4 Å². The lowest BCUT2D eigenvalue weighted by Crippen LogP contribution is -2.32. The number of esters is 1. The molecule has 2 aromatic carbocycles. The van der Waals surface area contributed by atoms with E-state index in [0.717, 1.165) is 17.4 Å². The number of alkyl carbamates (subject to hydrolysis) is 1. The summed E-state index contributed by atoms with van der Waals surface area (Å²) >= 11 is 5.90. The Bertz CT molecular complexity index is 1300. The third kappa shape index (κ3) is 10.2. The zero-order valence-electron chi connectivity index (χ0n) is 22.6. The van der Waals surface area contributed by atoms with Crippen molar-refractivity contribution in [3.63, 3.8) is 0 Å². The first-order valence-corrected chi connectivity index (χ1v) is 13.1. The number of aromatic nitrogens is 1. The largest absolute Gasteiger partial charge is 0.454 e. The highest BCUT2D eigenvalue weighted by molar-refractivity contribution is 6.33. The number of rotatable bonds is 12. The van der Waals surface area contributed by atoms with Gasteiger partial charge in [0.1, 0.15) is 24.5 Å². The van der Waals surface area contributed by atoms with Crippen LogP contribution in [0, 0.1) is 0 Å².